The molecule has 0 unspecified atom stereocenters. The molecule has 15 heavy (non-hydrogen) atoms. The van der Waals surface area contributed by atoms with Crippen molar-refractivity contribution < 1.29 is 4.52 Å². The summed E-state index contributed by atoms with van der Waals surface area (Å²) in [5, 5.41) is 6.77. The van der Waals surface area contributed by atoms with Crippen molar-refractivity contribution >= 4 is 6.01 Å². The van der Waals surface area contributed by atoms with Crippen LogP contribution in [-0.2, 0) is 6.54 Å². The van der Waals surface area contributed by atoms with Crippen LogP contribution in [0, 0.1) is 13.8 Å². The van der Waals surface area contributed by atoms with E-state index in [2.05, 4.69) is 40.6 Å². The molecule has 1 N–H and O–H groups in total. The van der Waals surface area contributed by atoms with Crippen LogP contribution >= 0.6 is 0 Å². The third-order valence-electron chi connectivity index (χ3n) is 2.05. The Balaban J connectivity index is 1.99. The fourth-order valence-corrected chi connectivity index (χ4v) is 1.37. The largest absolute Gasteiger partial charge is 0.334 e. The van der Waals surface area contributed by atoms with Crippen LogP contribution in [0.5, 0.6) is 0 Å². The number of hydrogen-bond donors (Lipinski definition) is 1. The highest BCUT2D eigenvalue weighted by molar-refractivity contribution is 5.27. The van der Waals surface area contributed by atoms with Crippen LogP contribution in [0.1, 0.15) is 17.0 Å². The van der Waals surface area contributed by atoms with Crippen molar-refractivity contribution in [1.82, 2.24) is 10.1 Å². The van der Waals surface area contributed by atoms with Gasteiger partial charge >= 0.3 is 6.01 Å². The molecule has 0 radical (unpaired) electrons. The molecule has 1 aromatic heterocycles. The highest BCUT2D eigenvalue weighted by atomic mass is 16.5. The van der Waals surface area contributed by atoms with Gasteiger partial charge in [-0.15, -0.1) is 0 Å². The van der Waals surface area contributed by atoms with E-state index >= 15 is 0 Å². The molecule has 2 rings (SSSR count). The molecule has 0 atom stereocenters. The lowest BCUT2D eigenvalue weighted by Crippen LogP contribution is -1.99. The maximum absolute atomic E-state index is 4.94. The van der Waals surface area contributed by atoms with Gasteiger partial charge in [-0.1, -0.05) is 35.0 Å². The number of benzene rings is 1. The van der Waals surface area contributed by atoms with Crippen molar-refractivity contribution in [3.05, 3.63) is 41.2 Å². The summed E-state index contributed by atoms with van der Waals surface area (Å²) in [4.78, 5) is 4.06. The third kappa shape index (κ3) is 2.56. The lowest BCUT2D eigenvalue weighted by molar-refractivity contribution is 0.425. The second-order valence-corrected chi connectivity index (χ2v) is 3.49. The molecule has 0 aliphatic rings. The highest BCUT2D eigenvalue weighted by Gasteiger charge is 2.00. The van der Waals surface area contributed by atoms with E-state index in [-0.39, 0.29) is 0 Å². The molecule has 0 aliphatic carbocycles. The lowest BCUT2D eigenvalue weighted by Gasteiger charge is -2.01. The molecular weight excluding hydrogens is 190 g/mol. The number of nitrogens with one attached hydrogen (secondary N) is 1. The Bertz CT molecular complexity index is 451. The summed E-state index contributed by atoms with van der Waals surface area (Å²) in [5.41, 5.74) is 2.45. The molecule has 0 bridgehead atoms. The fraction of sp³-hybridized carbons (Fsp3) is 0.273. The molecule has 78 valence electrons. The number of rotatable bonds is 3. The molecule has 0 spiro atoms. The topological polar surface area (TPSA) is 51.0 Å². The van der Waals surface area contributed by atoms with Crippen molar-refractivity contribution in [3.8, 4) is 0 Å². The van der Waals surface area contributed by atoms with Gasteiger partial charge in [-0.25, -0.2) is 0 Å². The van der Waals surface area contributed by atoms with Crippen molar-refractivity contribution in [2.75, 3.05) is 5.32 Å². The molecule has 2 aromatic rings. The van der Waals surface area contributed by atoms with Crippen LogP contribution in [-0.4, -0.2) is 10.1 Å². The van der Waals surface area contributed by atoms with Crippen LogP contribution in [0.15, 0.2) is 28.8 Å². The number of nitrogens with zero attached hydrogens (tertiary/aromatic N) is 2. The van der Waals surface area contributed by atoms with E-state index in [4.69, 9.17) is 4.52 Å². The summed E-state index contributed by atoms with van der Waals surface area (Å²) in [5.74, 6) is 0.641. The zero-order chi connectivity index (χ0) is 10.7. The molecular formula is C11H13N3O. The fourth-order valence-electron chi connectivity index (χ4n) is 1.37. The zero-order valence-electron chi connectivity index (χ0n) is 8.82. The monoisotopic (exact) mass is 203 g/mol. The molecule has 4 nitrogen and oxygen atoms in total. The first-order valence-electron chi connectivity index (χ1n) is 4.84. The quantitative estimate of drug-likeness (QED) is 0.831. The van der Waals surface area contributed by atoms with E-state index in [0.717, 1.165) is 0 Å². The van der Waals surface area contributed by atoms with Crippen molar-refractivity contribution in [1.29, 1.82) is 0 Å². The van der Waals surface area contributed by atoms with Crippen molar-refractivity contribution in [2.24, 2.45) is 0 Å². The SMILES string of the molecule is Cc1cccc(CNc2nc(C)no2)c1. The average molecular weight is 203 g/mol. The Labute approximate surface area is 88.3 Å². The van der Waals surface area contributed by atoms with Gasteiger partial charge in [-0.05, 0) is 19.4 Å². The van der Waals surface area contributed by atoms with Gasteiger partial charge in [0.2, 0.25) is 0 Å². The van der Waals surface area contributed by atoms with Gasteiger partial charge in [-0.2, -0.15) is 4.98 Å². The smallest absolute Gasteiger partial charge is 0.321 e. The predicted molar refractivity (Wildman–Crippen MR) is 57.5 cm³/mol. The van der Waals surface area contributed by atoms with Gasteiger partial charge in [-0.3, -0.25) is 0 Å². The number of aromatic nitrogens is 2. The first-order chi connectivity index (χ1) is 7.24. The van der Waals surface area contributed by atoms with E-state index in [1.807, 2.05) is 6.07 Å². The van der Waals surface area contributed by atoms with Gasteiger partial charge < -0.3 is 9.84 Å². The van der Waals surface area contributed by atoms with Crippen LogP contribution in [0.3, 0.4) is 0 Å². The van der Waals surface area contributed by atoms with Gasteiger partial charge in [0.05, 0.1) is 0 Å². The van der Waals surface area contributed by atoms with Crippen LogP contribution in [0.4, 0.5) is 6.01 Å². The summed E-state index contributed by atoms with van der Waals surface area (Å²) in [6.07, 6.45) is 0. The second-order valence-electron chi connectivity index (χ2n) is 3.49. The van der Waals surface area contributed by atoms with Crippen LogP contribution < -0.4 is 5.32 Å². The van der Waals surface area contributed by atoms with Crippen molar-refractivity contribution in [3.63, 3.8) is 0 Å². The minimum atomic E-state index is 0.467. The summed E-state index contributed by atoms with van der Waals surface area (Å²) >= 11 is 0. The van der Waals surface area contributed by atoms with Gasteiger partial charge in [0.1, 0.15) is 0 Å². The molecule has 1 aromatic carbocycles. The van der Waals surface area contributed by atoms with E-state index in [0.29, 0.717) is 18.4 Å². The highest BCUT2D eigenvalue weighted by Crippen LogP contribution is 2.07. The summed E-state index contributed by atoms with van der Waals surface area (Å²) in [6, 6.07) is 8.75. The minimum Gasteiger partial charge on any atom is -0.334 e. The van der Waals surface area contributed by atoms with Crippen LogP contribution in [0.25, 0.3) is 0 Å². The van der Waals surface area contributed by atoms with Crippen molar-refractivity contribution in [2.45, 2.75) is 20.4 Å². The third-order valence-corrected chi connectivity index (χ3v) is 2.05. The second kappa shape index (κ2) is 4.13. The molecule has 0 aliphatic heterocycles. The summed E-state index contributed by atoms with van der Waals surface area (Å²) in [7, 11) is 0. The Kier molecular flexibility index (Phi) is 2.67. The summed E-state index contributed by atoms with van der Waals surface area (Å²) < 4.78 is 4.94. The number of aryl methyl sites for hydroxylation is 2. The normalized spacial score (nSPS) is 10.3. The average Bonchev–Trinajstić information content (AvgIpc) is 2.62. The first-order valence-corrected chi connectivity index (χ1v) is 4.84. The first kappa shape index (κ1) is 9.71. The molecule has 0 saturated heterocycles. The molecule has 0 amide bonds. The Morgan fingerprint density at radius 3 is 2.87 bits per heavy atom. The van der Waals surface area contributed by atoms with Crippen LogP contribution in [0.2, 0.25) is 0 Å². The molecule has 1 heterocycles. The van der Waals surface area contributed by atoms with Gasteiger partial charge in [0, 0.05) is 6.54 Å². The number of hydrogen-bond acceptors (Lipinski definition) is 4. The molecule has 0 saturated carbocycles. The minimum absolute atomic E-state index is 0.467. The van der Waals surface area contributed by atoms with E-state index in [9.17, 15) is 0 Å². The van der Waals surface area contributed by atoms with E-state index < -0.39 is 0 Å². The van der Waals surface area contributed by atoms with E-state index in [1.165, 1.54) is 11.1 Å². The van der Waals surface area contributed by atoms with E-state index in [1.54, 1.807) is 6.92 Å². The Morgan fingerprint density at radius 2 is 2.20 bits per heavy atom. The van der Waals surface area contributed by atoms with Gasteiger partial charge in [0.15, 0.2) is 5.82 Å². The zero-order valence-corrected chi connectivity index (χ0v) is 8.82. The maximum atomic E-state index is 4.94. The standard InChI is InChI=1S/C11H13N3O/c1-8-4-3-5-10(6-8)7-12-11-13-9(2)14-15-11/h3-6H,7H2,1-2H3,(H,12,13,14). The molecule has 0 fully saturated rings. The Morgan fingerprint density at radius 1 is 1.33 bits per heavy atom. The molecule has 4 heteroatoms. The Hall–Kier alpha value is -1.84. The van der Waals surface area contributed by atoms with Gasteiger partial charge in [0.25, 0.3) is 0 Å². The predicted octanol–water partition coefficient (Wildman–Crippen LogP) is 2.30. The number of anilines is 1. The summed E-state index contributed by atoms with van der Waals surface area (Å²) in [6.45, 7) is 4.56. The lowest BCUT2D eigenvalue weighted by atomic mass is 10.1. The maximum Gasteiger partial charge on any atom is 0.321 e.